The van der Waals surface area contributed by atoms with Crippen molar-refractivity contribution < 1.29 is 9.90 Å². The topological polar surface area (TPSA) is 49.3 Å². The number of halogens is 1. The molecule has 3 nitrogen and oxygen atoms in total. The number of hydrogen-bond acceptors (Lipinski definition) is 4. The lowest BCUT2D eigenvalue weighted by molar-refractivity contribution is 0.0701. The van der Waals surface area contributed by atoms with Crippen molar-refractivity contribution in [1.82, 2.24) is 5.32 Å². The summed E-state index contributed by atoms with van der Waals surface area (Å²) in [5.41, 5.74) is 0.843. The molecule has 0 aromatic carbocycles. The third-order valence-electron chi connectivity index (χ3n) is 2.23. The van der Waals surface area contributed by atoms with E-state index in [-0.39, 0.29) is 0 Å². The predicted molar refractivity (Wildman–Crippen MR) is 73.8 cm³/mol. The van der Waals surface area contributed by atoms with Crippen molar-refractivity contribution in [2.45, 2.75) is 13.1 Å². The average Bonchev–Trinajstić information content (AvgIpc) is 2.88. The number of carboxylic acids is 1. The summed E-state index contributed by atoms with van der Waals surface area (Å²) in [5.74, 6) is -0.853. The van der Waals surface area contributed by atoms with Gasteiger partial charge in [0.05, 0.1) is 0 Å². The minimum absolute atomic E-state index is 0.419. The minimum atomic E-state index is -0.853. The summed E-state index contributed by atoms with van der Waals surface area (Å²) in [6, 6.07) is 3.86. The summed E-state index contributed by atoms with van der Waals surface area (Å²) in [7, 11) is 0. The molecule has 2 aromatic heterocycles. The molecule has 0 saturated heterocycles. The Balaban J connectivity index is 1.92. The second-order valence-corrected chi connectivity index (χ2v) is 6.15. The van der Waals surface area contributed by atoms with Crippen LogP contribution in [0.25, 0.3) is 0 Å². The number of carboxylic acid groups (broad SMARTS) is 1. The van der Waals surface area contributed by atoms with Crippen molar-refractivity contribution in [3.05, 3.63) is 42.7 Å². The summed E-state index contributed by atoms with van der Waals surface area (Å²) in [4.78, 5) is 12.5. The lowest BCUT2D eigenvalue weighted by atomic mass is 10.2. The molecule has 0 unspecified atom stereocenters. The second-order valence-electron chi connectivity index (χ2n) is 3.38. The molecule has 0 atom stereocenters. The van der Waals surface area contributed by atoms with Crippen LogP contribution >= 0.6 is 38.6 Å². The van der Waals surface area contributed by atoms with Gasteiger partial charge in [-0.2, -0.15) is 0 Å². The lowest BCUT2D eigenvalue weighted by Crippen LogP contribution is -2.13. The Labute approximate surface area is 115 Å². The Morgan fingerprint density at radius 2 is 2.06 bits per heavy atom. The largest absolute Gasteiger partial charge is 0.477 e. The molecule has 0 radical (unpaired) electrons. The maximum absolute atomic E-state index is 10.9. The second kappa shape index (κ2) is 5.77. The van der Waals surface area contributed by atoms with E-state index in [4.69, 9.17) is 5.11 Å². The Morgan fingerprint density at radius 3 is 2.71 bits per heavy atom. The first-order valence-electron chi connectivity index (χ1n) is 4.90. The molecule has 2 rings (SSSR count). The van der Waals surface area contributed by atoms with Gasteiger partial charge in [-0.3, -0.25) is 0 Å². The van der Waals surface area contributed by atoms with Crippen LogP contribution in [0.1, 0.15) is 20.1 Å². The minimum Gasteiger partial charge on any atom is -0.477 e. The summed E-state index contributed by atoms with van der Waals surface area (Å²) in [5, 5.41) is 16.0. The van der Waals surface area contributed by atoms with Crippen LogP contribution in [-0.4, -0.2) is 11.1 Å². The van der Waals surface area contributed by atoms with E-state index in [9.17, 15) is 4.79 Å². The zero-order valence-electron chi connectivity index (χ0n) is 8.77. The molecule has 90 valence electrons. The van der Waals surface area contributed by atoms with Crippen molar-refractivity contribution in [3.8, 4) is 0 Å². The molecule has 2 N–H and O–H groups in total. The van der Waals surface area contributed by atoms with Crippen LogP contribution in [-0.2, 0) is 13.1 Å². The first-order valence-corrected chi connectivity index (χ1v) is 7.46. The van der Waals surface area contributed by atoms with Crippen molar-refractivity contribution in [2.75, 3.05) is 0 Å². The van der Waals surface area contributed by atoms with Crippen molar-refractivity contribution in [3.63, 3.8) is 0 Å². The average molecular weight is 332 g/mol. The highest BCUT2D eigenvalue weighted by molar-refractivity contribution is 9.10. The molecule has 0 aliphatic heterocycles. The Bertz CT molecular complexity index is 521. The molecule has 0 spiro atoms. The predicted octanol–water partition coefficient (Wildman–Crippen LogP) is 3.56. The maximum Gasteiger partial charge on any atom is 0.346 e. The molecule has 0 bridgehead atoms. The van der Waals surface area contributed by atoms with E-state index in [1.807, 2.05) is 22.9 Å². The van der Waals surface area contributed by atoms with Crippen molar-refractivity contribution in [2.24, 2.45) is 0 Å². The molecule has 2 aromatic rings. The van der Waals surface area contributed by atoms with Gasteiger partial charge in [0, 0.05) is 22.4 Å². The van der Waals surface area contributed by atoms with Gasteiger partial charge in [-0.25, -0.2) is 4.79 Å². The molecular formula is C11H10BrNO2S2. The smallest absolute Gasteiger partial charge is 0.346 e. The standard InChI is InChI=1S/C11H10BrNO2S2/c12-8-2-4-16-9(8)6-13-5-7-1-3-17-10(7)11(14)15/h1-4,13H,5-6H2,(H,14,15). The van der Waals surface area contributed by atoms with E-state index in [1.54, 1.807) is 11.3 Å². The highest BCUT2D eigenvalue weighted by Crippen LogP contribution is 2.22. The van der Waals surface area contributed by atoms with Gasteiger partial charge in [0.15, 0.2) is 0 Å². The monoisotopic (exact) mass is 331 g/mol. The van der Waals surface area contributed by atoms with E-state index < -0.39 is 5.97 Å². The van der Waals surface area contributed by atoms with Crippen LogP contribution < -0.4 is 5.32 Å². The van der Waals surface area contributed by atoms with Crippen LogP contribution in [0, 0.1) is 0 Å². The van der Waals surface area contributed by atoms with Gasteiger partial charge in [-0.05, 0) is 44.4 Å². The molecule has 0 fully saturated rings. The van der Waals surface area contributed by atoms with Crippen molar-refractivity contribution in [1.29, 1.82) is 0 Å². The molecule has 0 amide bonds. The Kier molecular flexibility index (Phi) is 4.33. The highest BCUT2D eigenvalue weighted by atomic mass is 79.9. The Morgan fingerprint density at radius 1 is 1.29 bits per heavy atom. The number of rotatable bonds is 5. The van der Waals surface area contributed by atoms with E-state index in [1.165, 1.54) is 16.2 Å². The summed E-state index contributed by atoms with van der Waals surface area (Å²) in [6.45, 7) is 1.32. The van der Waals surface area contributed by atoms with Crippen LogP contribution in [0.3, 0.4) is 0 Å². The molecule has 0 aliphatic carbocycles. The molecular weight excluding hydrogens is 322 g/mol. The quantitative estimate of drug-likeness (QED) is 0.880. The summed E-state index contributed by atoms with van der Waals surface area (Å²) < 4.78 is 1.10. The van der Waals surface area contributed by atoms with Gasteiger partial charge in [-0.1, -0.05) is 0 Å². The lowest BCUT2D eigenvalue weighted by Gasteiger charge is -2.03. The molecule has 17 heavy (non-hydrogen) atoms. The van der Waals surface area contributed by atoms with Crippen molar-refractivity contribution >= 4 is 44.6 Å². The van der Waals surface area contributed by atoms with Gasteiger partial charge in [-0.15, -0.1) is 22.7 Å². The number of carbonyl (C=O) groups is 1. The SMILES string of the molecule is O=C(O)c1sccc1CNCc1sccc1Br. The number of thiophene rings is 2. The fourth-order valence-corrected chi connectivity index (χ4v) is 3.65. The molecule has 2 heterocycles. The van der Waals surface area contributed by atoms with Crippen LogP contribution in [0.15, 0.2) is 27.4 Å². The van der Waals surface area contributed by atoms with Crippen LogP contribution in [0.4, 0.5) is 0 Å². The zero-order chi connectivity index (χ0) is 12.3. The van der Waals surface area contributed by atoms with Gasteiger partial charge in [0.2, 0.25) is 0 Å². The van der Waals surface area contributed by atoms with E-state index in [0.717, 1.165) is 16.6 Å². The number of hydrogen-bond donors (Lipinski definition) is 2. The Hall–Kier alpha value is -0.690. The molecule has 0 saturated carbocycles. The summed E-state index contributed by atoms with van der Waals surface area (Å²) >= 11 is 6.40. The molecule has 0 aliphatic rings. The number of nitrogens with one attached hydrogen (secondary N) is 1. The third-order valence-corrected chi connectivity index (χ3v) is 5.10. The highest BCUT2D eigenvalue weighted by Gasteiger charge is 2.11. The fourth-order valence-electron chi connectivity index (χ4n) is 1.42. The van der Waals surface area contributed by atoms with Crippen LogP contribution in [0.5, 0.6) is 0 Å². The van der Waals surface area contributed by atoms with Gasteiger partial charge in [0.1, 0.15) is 4.88 Å². The van der Waals surface area contributed by atoms with E-state index >= 15 is 0 Å². The van der Waals surface area contributed by atoms with Gasteiger partial charge in [0.25, 0.3) is 0 Å². The normalized spacial score (nSPS) is 10.6. The summed E-state index contributed by atoms with van der Waals surface area (Å²) in [6.07, 6.45) is 0. The van der Waals surface area contributed by atoms with E-state index in [0.29, 0.717) is 11.4 Å². The fraction of sp³-hybridized carbons (Fsp3) is 0.182. The van der Waals surface area contributed by atoms with E-state index in [2.05, 4.69) is 21.2 Å². The first-order chi connectivity index (χ1) is 8.18. The third kappa shape index (κ3) is 3.16. The van der Waals surface area contributed by atoms with Crippen LogP contribution in [0.2, 0.25) is 0 Å². The molecule has 6 heteroatoms. The first kappa shape index (κ1) is 12.8. The number of aromatic carboxylic acids is 1. The zero-order valence-corrected chi connectivity index (χ0v) is 12.0. The van der Waals surface area contributed by atoms with Gasteiger partial charge >= 0.3 is 5.97 Å². The van der Waals surface area contributed by atoms with Gasteiger partial charge < -0.3 is 10.4 Å². The maximum atomic E-state index is 10.9.